The van der Waals surface area contributed by atoms with E-state index in [1.165, 1.54) is 0 Å². The van der Waals surface area contributed by atoms with Crippen LogP contribution in [0.15, 0.2) is 17.5 Å². The smallest absolute Gasteiger partial charge is 0.123 e. The Morgan fingerprint density at radius 2 is 1.50 bits per heavy atom. The molecule has 0 aliphatic carbocycles. The van der Waals surface area contributed by atoms with Crippen molar-refractivity contribution in [3.8, 4) is 17.0 Å². The molecule has 0 spiro atoms. The summed E-state index contributed by atoms with van der Waals surface area (Å²) >= 11 is 1.69. The van der Waals surface area contributed by atoms with Crippen molar-refractivity contribution in [2.24, 2.45) is 0 Å². The average molecular weight is 347 g/mol. The van der Waals surface area contributed by atoms with E-state index in [0.29, 0.717) is 5.75 Å². The monoisotopic (exact) mass is 346 g/mol. The van der Waals surface area contributed by atoms with Crippen LogP contribution in [0.25, 0.3) is 11.3 Å². The van der Waals surface area contributed by atoms with Gasteiger partial charge in [0, 0.05) is 28.6 Å². The highest BCUT2D eigenvalue weighted by Crippen LogP contribution is 2.42. The van der Waals surface area contributed by atoms with Crippen molar-refractivity contribution in [3.63, 3.8) is 0 Å². The minimum Gasteiger partial charge on any atom is -0.507 e. The van der Waals surface area contributed by atoms with Gasteiger partial charge in [0.15, 0.2) is 0 Å². The second kappa shape index (κ2) is 6.49. The number of hydrogen-bond donors (Lipinski definition) is 1. The molecule has 0 radical (unpaired) electrons. The summed E-state index contributed by atoms with van der Waals surface area (Å²) in [5.41, 5.74) is 3.79. The predicted octanol–water partition coefficient (Wildman–Crippen LogP) is 5.17. The number of aromatic nitrogens is 1. The van der Waals surface area contributed by atoms with Crippen molar-refractivity contribution in [2.75, 3.05) is 14.1 Å². The molecule has 0 fully saturated rings. The van der Waals surface area contributed by atoms with Crippen LogP contribution in [0, 0.1) is 0 Å². The number of phenols is 1. The third-order valence-electron chi connectivity index (χ3n) is 4.02. The fourth-order valence-electron chi connectivity index (χ4n) is 2.71. The topological polar surface area (TPSA) is 36.4 Å². The first-order valence-electron chi connectivity index (χ1n) is 8.37. The third-order valence-corrected chi connectivity index (χ3v) is 4.86. The lowest BCUT2D eigenvalue weighted by molar-refractivity contribution is 0.402. The van der Waals surface area contributed by atoms with Crippen LogP contribution in [0.5, 0.6) is 5.75 Å². The molecule has 3 nitrogen and oxygen atoms in total. The van der Waals surface area contributed by atoms with E-state index in [0.717, 1.165) is 33.9 Å². The molecule has 1 aromatic carbocycles. The first-order valence-corrected chi connectivity index (χ1v) is 9.25. The highest BCUT2D eigenvalue weighted by molar-refractivity contribution is 7.09. The largest absolute Gasteiger partial charge is 0.507 e. The van der Waals surface area contributed by atoms with Crippen molar-refractivity contribution in [3.05, 3.63) is 33.6 Å². The Bertz CT molecular complexity index is 683. The van der Waals surface area contributed by atoms with Crippen LogP contribution in [0.3, 0.4) is 0 Å². The van der Waals surface area contributed by atoms with Crippen LogP contribution >= 0.6 is 11.3 Å². The van der Waals surface area contributed by atoms with Gasteiger partial charge in [0.05, 0.1) is 5.69 Å². The molecule has 0 aliphatic rings. The van der Waals surface area contributed by atoms with Gasteiger partial charge >= 0.3 is 0 Å². The van der Waals surface area contributed by atoms with E-state index >= 15 is 0 Å². The molecule has 1 N–H and O–H groups in total. The average Bonchev–Trinajstić information content (AvgIpc) is 2.83. The summed E-state index contributed by atoms with van der Waals surface area (Å²) in [6, 6.07) is 4.19. The predicted molar refractivity (Wildman–Crippen MR) is 104 cm³/mol. The number of thiazole rings is 1. The number of hydrogen-bond acceptors (Lipinski definition) is 4. The van der Waals surface area contributed by atoms with E-state index in [1.54, 1.807) is 11.3 Å². The highest BCUT2D eigenvalue weighted by Gasteiger charge is 2.27. The lowest BCUT2D eigenvalue weighted by Gasteiger charge is -2.28. The minimum atomic E-state index is -0.122. The number of benzene rings is 1. The summed E-state index contributed by atoms with van der Waals surface area (Å²) in [7, 11) is 4.11. The molecular weight excluding hydrogens is 316 g/mol. The molecule has 2 aromatic rings. The number of phenolic OH excluding ortho intramolecular Hbond substituents is 1. The second-order valence-corrected chi connectivity index (χ2v) is 9.73. The highest BCUT2D eigenvalue weighted by atomic mass is 32.1. The molecule has 24 heavy (non-hydrogen) atoms. The summed E-state index contributed by atoms with van der Waals surface area (Å²) in [5, 5.41) is 14.1. The Kier molecular flexibility index (Phi) is 5.12. The van der Waals surface area contributed by atoms with Crippen molar-refractivity contribution in [1.29, 1.82) is 0 Å². The van der Waals surface area contributed by atoms with Gasteiger partial charge in [0.1, 0.15) is 10.8 Å². The zero-order valence-corrected chi connectivity index (χ0v) is 17.0. The van der Waals surface area contributed by atoms with Gasteiger partial charge in [0.25, 0.3) is 0 Å². The van der Waals surface area contributed by atoms with Gasteiger partial charge in [-0.2, -0.15) is 0 Å². The number of aromatic hydroxyl groups is 1. The van der Waals surface area contributed by atoms with Crippen molar-refractivity contribution >= 4 is 11.3 Å². The van der Waals surface area contributed by atoms with Crippen molar-refractivity contribution in [2.45, 2.75) is 58.9 Å². The zero-order chi connectivity index (χ0) is 18.3. The molecule has 0 amide bonds. The Morgan fingerprint density at radius 3 is 1.92 bits per heavy atom. The van der Waals surface area contributed by atoms with Gasteiger partial charge in [0.2, 0.25) is 0 Å². The summed E-state index contributed by atoms with van der Waals surface area (Å²) < 4.78 is 0. The molecule has 1 heterocycles. The van der Waals surface area contributed by atoms with Gasteiger partial charge in [-0.1, -0.05) is 41.5 Å². The summed E-state index contributed by atoms with van der Waals surface area (Å²) in [4.78, 5) is 6.92. The van der Waals surface area contributed by atoms with Crippen LogP contribution in [-0.2, 0) is 17.4 Å². The quantitative estimate of drug-likeness (QED) is 0.832. The third kappa shape index (κ3) is 4.17. The molecule has 1 aromatic heterocycles. The first-order chi connectivity index (χ1) is 10.9. The Labute approximate surface area is 150 Å². The normalized spacial score (nSPS) is 12.9. The fourth-order valence-corrected chi connectivity index (χ4v) is 3.63. The van der Waals surface area contributed by atoms with Gasteiger partial charge in [-0.25, -0.2) is 4.98 Å². The summed E-state index contributed by atoms with van der Waals surface area (Å²) in [6.07, 6.45) is 0. The van der Waals surface area contributed by atoms with Gasteiger partial charge < -0.3 is 10.0 Å². The standard InChI is InChI=1S/C20H30N2OS/c1-19(2,3)14-9-13(10-15(18(14)23)20(4,5)6)16-12-24-17(21-16)11-22(7)8/h9-10,12,23H,11H2,1-8H3. The first kappa shape index (κ1) is 18.9. The van der Waals surface area contributed by atoms with E-state index in [2.05, 4.69) is 78.1 Å². The number of rotatable bonds is 3. The molecule has 4 heteroatoms. The Hall–Kier alpha value is -1.39. The van der Waals surface area contributed by atoms with E-state index in [4.69, 9.17) is 4.98 Å². The summed E-state index contributed by atoms with van der Waals surface area (Å²) in [5.74, 6) is 0.419. The lowest BCUT2D eigenvalue weighted by Crippen LogP contribution is -2.17. The second-order valence-electron chi connectivity index (χ2n) is 8.78. The zero-order valence-electron chi connectivity index (χ0n) is 16.2. The molecule has 0 atom stereocenters. The minimum absolute atomic E-state index is 0.122. The molecule has 0 bridgehead atoms. The maximum absolute atomic E-state index is 10.8. The number of nitrogens with zero attached hydrogens (tertiary/aromatic N) is 2. The molecule has 0 saturated carbocycles. The van der Waals surface area contributed by atoms with Gasteiger partial charge in [-0.3, -0.25) is 0 Å². The molecule has 0 saturated heterocycles. The van der Waals surface area contributed by atoms with Crippen LogP contribution < -0.4 is 0 Å². The molecule has 132 valence electrons. The molecule has 0 unspecified atom stereocenters. The Morgan fingerprint density at radius 1 is 1.00 bits per heavy atom. The van der Waals surface area contributed by atoms with Crippen LogP contribution in [0.2, 0.25) is 0 Å². The van der Waals surface area contributed by atoms with E-state index in [1.807, 2.05) is 0 Å². The van der Waals surface area contributed by atoms with E-state index in [-0.39, 0.29) is 10.8 Å². The Balaban J connectivity index is 2.60. The van der Waals surface area contributed by atoms with Crippen LogP contribution in [-0.4, -0.2) is 29.1 Å². The van der Waals surface area contributed by atoms with Gasteiger partial charge in [-0.15, -0.1) is 11.3 Å². The summed E-state index contributed by atoms with van der Waals surface area (Å²) in [6.45, 7) is 13.7. The van der Waals surface area contributed by atoms with E-state index < -0.39 is 0 Å². The molecule has 2 rings (SSSR count). The lowest BCUT2D eigenvalue weighted by atomic mass is 9.78. The van der Waals surface area contributed by atoms with E-state index in [9.17, 15) is 5.11 Å². The fraction of sp³-hybridized carbons (Fsp3) is 0.550. The molecular formula is C20H30N2OS. The van der Waals surface area contributed by atoms with Crippen LogP contribution in [0.4, 0.5) is 0 Å². The maximum atomic E-state index is 10.8. The van der Waals surface area contributed by atoms with Crippen molar-refractivity contribution in [1.82, 2.24) is 9.88 Å². The van der Waals surface area contributed by atoms with Crippen LogP contribution in [0.1, 0.15) is 57.7 Å². The maximum Gasteiger partial charge on any atom is 0.123 e. The SMILES string of the molecule is CN(C)Cc1nc(-c2cc(C(C)(C)C)c(O)c(C(C)(C)C)c2)cs1. The molecule has 0 aliphatic heterocycles. The van der Waals surface area contributed by atoms with Gasteiger partial charge in [-0.05, 0) is 37.1 Å². The van der Waals surface area contributed by atoms with Crippen molar-refractivity contribution < 1.29 is 5.11 Å².